The maximum absolute atomic E-state index is 12.1. The van der Waals surface area contributed by atoms with Crippen LogP contribution in [0.15, 0.2) is 0 Å². The van der Waals surface area contributed by atoms with Gasteiger partial charge in [-0.2, -0.15) is 0 Å². The Balaban J connectivity index is 0. The summed E-state index contributed by atoms with van der Waals surface area (Å²) >= 11 is 0. The predicted molar refractivity (Wildman–Crippen MR) is 110 cm³/mol. The van der Waals surface area contributed by atoms with E-state index in [0.717, 1.165) is 32.4 Å². The molecule has 0 fully saturated rings. The smallest absolute Gasteiger partial charge is 0.293 e. The summed E-state index contributed by atoms with van der Waals surface area (Å²) in [4.78, 5) is 23.8. The molecule has 1 amide bonds. The van der Waals surface area contributed by atoms with Crippen LogP contribution in [0, 0.1) is 0 Å². The van der Waals surface area contributed by atoms with E-state index in [1.165, 1.54) is 38.5 Å². The minimum atomic E-state index is -0.318. The molecule has 0 saturated heterocycles. The zero-order chi connectivity index (χ0) is 20.3. The van der Waals surface area contributed by atoms with E-state index in [2.05, 4.69) is 23.5 Å². The van der Waals surface area contributed by atoms with Gasteiger partial charge < -0.3 is 15.4 Å². The first-order valence-electron chi connectivity index (χ1n) is 10.4. The van der Waals surface area contributed by atoms with Crippen LogP contribution in [0.25, 0.3) is 0 Å². The van der Waals surface area contributed by atoms with E-state index in [9.17, 15) is 9.59 Å². The Labute approximate surface area is 162 Å². The van der Waals surface area contributed by atoms with Gasteiger partial charge in [-0.25, -0.2) is 0 Å². The molecule has 5 heteroatoms. The van der Waals surface area contributed by atoms with Crippen LogP contribution in [0.5, 0.6) is 0 Å². The van der Waals surface area contributed by atoms with Crippen LogP contribution in [-0.4, -0.2) is 42.5 Å². The van der Waals surface area contributed by atoms with E-state index in [0.29, 0.717) is 25.3 Å². The number of carbonyl (C=O) groups is 2. The van der Waals surface area contributed by atoms with Gasteiger partial charge in [-0.15, -0.1) is 0 Å². The molecule has 0 bridgehead atoms. The summed E-state index contributed by atoms with van der Waals surface area (Å²) in [5.41, 5.74) is 5.17. The minimum absolute atomic E-state index is 0.304. The molecular weight excluding hydrogens is 328 g/mol. The van der Waals surface area contributed by atoms with Crippen LogP contribution in [0.1, 0.15) is 98.8 Å². The monoisotopic (exact) mass is 372 g/mol. The van der Waals surface area contributed by atoms with Gasteiger partial charge in [0, 0.05) is 19.5 Å². The molecule has 0 spiro atoms. The van der Waals surface area contributed by atoms with E-state index >= 15 is 0 Å². The van der Waals surface area contributed by atoms with Crippen molar-refractivity contribution in [3.05, 3.63) is 0 Å². The fraction of sp³-hybridized carbons (Fsp3) is 0.905. The first-order chi connectivity index (χ1) is 12.3. The number of hydrogen-bond acceptors (Lipinski definition) is 4. The van der Waals surface area contributed by atoms with Crippen LogP contribution in [0.2, 0.25) is 0 Å². The van der Waals surface area contributed by atoms with Gasteiger partial charge in [-0.3, -0.25) is 9.59 Å². The summed E-state index contributed by atoms with van der Waals surface area (Å²) in [6.45, 7) is 12.9. The van der Waals surface area contributed by atoms with Gasteiger partial charge in [0.15, 0.2) is 0 Å². The van der Waals surface area contributed by atoms with E-state index in [-0.39, 0.29) is 5.60 Å². The molecule has 0 aromatic carbocycles. The Kier molecular flexibility index (Phi) is 19.5. The van der Waals surface area contributed by atoms with Crippen molar-refractivity contribution in [2.45, 2.75) is 104 Å². The average Bonchev–Trinajstić information content (AvgIpc) is 2.57. The van der Waals surface area contributed by atoms with Crippen LogP contribution < -0.4 is 5.73 Å². The number of amides is 1. The summed E-state index contributed by atoms with van der Waals surface area (Å²) in [6.07, 6.45) is 11.3. The highest BCUT2D eigenvalue weighted by atomic mass is 16.5. The standard InChI is InChI=1S/C16H34N2O.C5H10O2/c1-3-5-7-9-14-18(15-10-8-6-4-2)16(19)12-11-13-17;1-5(2,3)7-4-6/h3-15,17H2,1-2H3;4H,1-3H3. The SMILES string of the molecule is CC(C)(C)OC=O.CCCCCCN(CCCCCC)C(=O)CCCN. The van der Waals surface area contributed by atoms with Crippen molar-refractivity contribution in [2.75, 3.05) is 19.6 Å². The minimum Gasteiger partial charge on any atom is -0.462 e. The number of carbonyl (C=O) groups excluding carboxylic acids is 2. The van der Waals surface area contributed by atoms with Crippen molar-refractivity contribution in [3.8, 4) is 0 Å². The lowest BCUT2D eigenvalue weighted by atomic mass is 10.1. The zero-order valence-corrected chi connectivity index (χ0v) is 18.0. The number of unbranched alkanes of at least 4 members (excludes halogenated alkanes) is 6. The lowest BCUT2D eigenvalue weighted by Crippen LogP contribution is -2.33. The summed E-state index contributed by atoms with van der Waals surface area (Å²) in [5, 5.41) is 0. The molecule has 0 aromatic heterocycles. The second-order valence-electron chi connectivity index (χ2n) is 7.72. The third kappa shape index (κ3) is 20.9. The Hall–Kier alpha value is -1.10. The van der Waals surface area contributed by atoms with Crippen molar-refractivity contribution in [2.24, 2.45) is 5.73 Å². The topological polar surface area (TPSA) is 72.6 Å². The maximum atomic E-state index is 12.1. The number of ether oxygens (including phenoxy) is 1. The predicted octanol–water partition coefficient (Wildman–Crippen LogP) is 4.67. The van der Waals surface area contributed by atoms with Gasteiger partial charge in [-0.05, 0) is 46.6 Å². The highest BCUT2D eigenvalue weighted by Gasteiger charge is 2.12. The van der Waals surface area contributed by atoms with Gasteiger partial charge >= 0.3 is 0 Å². The Morgan fingerprint density at radius 1 is 0.923 bits per heavy atom. The summed E-state index contributed by atoms with van der Waals surface area (Å²) in [6, 6.07) is 0. The fourth-order valence-corrected chi connectivity index (χ4v) is 2.38. The fourth-order valence-electron chi connectivity index (χ4n) is 2.38. The van der Waals surface area contributed by atoms with Crippen LogP contribution in [0.4, 0.5) is 0 Å². The second kappa shape index (κ2) is 18.7. The van der Waals surface area contributed by atoms with E-state index in [4.69, 9.17) is 5.73 Å². The molecule has 0 aliphatic heterocycles. The molecule has 2 N–H and O–H groups in total. The molecule has 0 radical (unpaired) electrons. The normalized spacial score (nSPS) is 10.7. The molecule has 26 heavy (non-hydrogen) atoms. The number of rotatable bonds is 14. The molecule has 0 aromatic rings. The highest BCUT2D eigenvalue weighted by molar-refractivity contribution is 5.76. The van der Waals surface area contributed by atoms with E-state index in [1.54, 1.807) is 0 Å². The number of nitrogens with zero attached hydrogens (tertiary/aromatic N) is 1. The molecule has 5 nitrogen and oxygen atoms in total. The molecule has 0 saturated carbocycles. The van der Waals surface area contributed by atoms with Crippen molar-refractivity contribution in [1.29, 1.82) is 0 Å². The molecule has 156 valence electrons. The van der Waals surface area contributed by atoms with Gasteiger partial charge in [0.05, 0.1) is 0 Å². The van der Waals surface area contributed by atoms with Crippen molar-refractivity contribution in [1.82, 2.24) is 4.90 Å². The number of nitrogens with two attached hydrogens (primary N) is 1. The van der Waals surface area contributed by atoms with Crippen LogP contribution in [0.3, 0.4) is 0 Å². The molecular formula is C21H44N2O3. The lowest BCUT2D eigenvalue weighted by molar-refractivity contribution is -0.138. The zero-order valence-electron chi connectivity index (χ0n) is 18.0. The van der Waals surface area contributed by atoms with Gasteiger partial charge in [0.2, 0.25) is 5.91 Å². The van der Waals surface area contributed by atoms with Gasteiger partial charge in [0.1, 0.15) is 5.60 Å². The molecule has 0 aliphatic carbocycles. The van der Waals surface area contributed by atoms with Crippen molar-refractivity contribution < 1.29 is 14.3 Å². The van der Waals surface area contributed by atoms with Crippen LogP contribution in [-0.2, 0) is 14.3 Å². The number of hydrogen-bond donors (Lipinski definition) is 1. The van der Waals surface area contributed by atoms with Gasteiger partial charge in [0.25, 0.3) is 6.47 Å². The third-order valence-electron chi connectivity index (χ3n) is 3.91. The largest absolute Gasteiger partial charge is 0.462 e. The quantitative estimate of drug-likeness (QED) is 0.355. The molecule has 0 aliphatic rings. The first kappa shape index (κ1) is 27.1. The van der Waals surface area contributed by atoms with Crippen LogP contribution >= 0.6 is 0 Å². The maximum Gasteiger partial charge on any atom is 0.293 e. The molecule has 0 rings (SSSR count). The lowest BCUT2D eigenvalue weighted by Gasteiger charge is -2.23. The Morgan fingerprint density at radius 3 is 1.73 bits per heavy atom. The Bertz CT molecular complexity index is 316. The summed E-state index contributed by atoms with van der Waals surface area (Å²) < 4.78 is 4.55. The first-order valence-corrected chi connectivity index (χ1v) is 10.4. The van der Waals surface area contributed by atoms with E-state index in [1.807, 2.05) is 20.8 Å². The Morgan fingerprint density at radius 2 is 1.42 bits per heavy atom. The van der Waals surface area contributed by atoms with E-state index < -0.39 is 0 Å². The summed E-state index contributed by atoms with van der Waals surface area (Å²) in [5.74, 6) is 0.304. The average molecular weight is 373 g/mol. The third-order valence-corrected chi connectivity index (χ3v) is 3.91. The molecule has 0 atom stereocenters. The summed E-state index contributed by atoms with van der Waals surface area (Å²) in [7, 11) is 0. The highest BCUT2D eigenvalue weighted by Crippen LogP contribution is 2.07. The van der Waals surface area contributed by atoms with Crippen molar-refractivity contribution in [3.63, 3.8) is 0 Å². The second-order valence-corrected chi connectivity index (χ2v) is 7.72. The molecule has 0 heterocycles. The van der Waals surface area contributed by atoms with Crippen molar-refractivity contribution >= 4 is 12.4 Å². The van der Waals surface area contributed by atoms with Gasteiger partial charge in [-0.1, -0.05) is 52.4 Å². The molecule has 0 unspecified atom stereocenters.